The molecule has 0 unspecified atom stereocenters. The zero-order valence-electron chi connectivity index (χ0n) is 13.8. The van der Waals surface area contributed by atoms with Gasteiger partial charge in [0.05, 0.1) is 16.2 Å². The number of aromatic nitrogens is 1. The first kappa shape index (κ1) is 17.2. The molecule has 25 heavy (non-hydrogen) atoms. The Morgan fingerprint density at radius 2 is 1.68 bits per heavy atom. The topological polar surface area (TPSA) is 101 Å². The van der Waals surface area contributed by atoms with Gasteiger partial charge in [-0.25, -0.2) is 18.4 Å². The van der Waals surface area contributed by atoms with Crippen molar-refractivity contribution in [3.63, 3.8) is 0 Å². The summed E-state index contributed by atoms with van der Waals surface area (Å²) in [6.45, 7) is 2.32. The first-order valence-electron chi connectivity index (χ1n) is 7.64. The van der Waals surface area contributed by atoms with E-state index in [0.717, 1.165) is 6.26 Å². The molecule has 2 amide bonds. The smallest absolute Gasteiger partial charge is 0.277 e. The van der Waals surface area contributed by atoms with Crippen molar-refractivity contribution < 1.29 is 22.5 Å². The largest absolute Gasteiger partial charge is 0.364 e. The van der Waals surface area contributed by atoms with E-state index in [1.165, 1.54) is 28.4 Å². The van der Waals surface area contributed by atoms with Crippen LogP contribution in [-0.2, 0) is 9.84 Å². The number of carbonyl (C=O) groups is 2. The van der Waals surface area contributed by atoms with Gasteiger partial charge in [-0.2, -0.15) is 0 Å². The molecule has 1 aliphatic rings. The molecule has 8 nitrogen and oxygen atoms in total. The van der Waals surface area contributed by atoms with Gasteiger partial charge in [-0.05, 0) is 25.5 Å². The van der Waals surface area contributed by atoms with Gasteiger partial charge in [-0.1, -0.05) is 17.3 Å². The number of hydrogen-bond acceptors (Lipinski definition) is 6. The molecule has 0 atom stereocenters. The van der Waals surface area contributed by atoms with E-state index in [1.807, 2.05) is 0 Å². The lowest BCUT2D eigenvalue weighted by Gasteiger charge is -2.28. The van der Waals surface area contributed by atoms with Crippen molar-refractivity contribution in [3.05, 3.63) is 47.3 Å². The second-order valence-corrected chi connectivity index (χ2v) is 7.78. The highest BCUT2D eigenvalue weighted by Gasteiger charge is 2.34. The fourth-order valence-electron chi connectivity index (χ4n) is 2.78. The third-order valence-corrected chi connectivity index (χ3v) is 5.15. The molecule has 2 heterocycles. The van der Waals surface area contributed by atoms with Gasteiger partial charge in [0.2, 0.25) is 0 Å². The highest BCUT2D eigenvalue weighted by atomic mass is 32.2. The highest BCUT2D eigenvalue weighted by Crippen LogP contribution is 2.23. The maximum absolute atomic E-state index is 12.9. The number of sulfone groups is 1. The van der Waals surface area contributed by atoms with E-state index in [1.54, 1.807) is 19.1 Å². The van der Waals surface area contributed by atoms with Crippen molar-refractivity contribution in [2.75, 3.05) is 19.3 Å². The van der Waals surface area contributed by atoms with Gasteiger partial charge in [-0.3, -0.25) is 9.59 Å². The van der Waals surface area contributed by atoms with Crippen LogP contribution in [0, 0.1) is 6.92 Å². The van der Waals surface area contributed by atoms with Crippen LogP contribution in [-0.4, -0.2) is 54.8 Å². The summed E-state index contributed by atoms with van der Waals surface area (Å²) in [5, 5.41) is 6.26. The number of nitrogens with zero attached hydrogens (tertiary/aromatic N) is 3. The summed E-state index contributed by atoms with van der Waals surface area (Å²) in [5.41, 5.74) is 0.753. The fraction of sp³-hybridized carbons (Fsp3) is 0.312. The quantitative estimate of drug-likeness (QED) is 0.814. The lowest BCUT2D eigenvalue weighted by Crippen LogP contribution is -2.45. The normalized spacial score (nSPS) is 14.8. The summed E-state index contributed by atoms with van der Waals surface area (Å²) >= 11 is 0. The van der Waals surface area contributed by atoms with Crippen molar-refractivity contribution >= 4 is 21.7 Å². The molecule has 1 fully saturated rings. The zero-order valence-corrected chi connectivity index (χ0v) is 14.6. The SMILES string of the molecule is Cc1nocc1C(=O)N1CCCN1C(=O)c1ccccc1S(C)(=O)=O. The minimum atomic E-state index is -3.57. The summed E-state index contributed by atoms with van der Waals surface area (Å²) in [6.07, 6.45) is 2.89. The molecule has 2 aromatic rings. The van der Waals surface area contributed by atoms with E-state index >= 15 is 0 Å². The molecule has 3 rings (SSSR count). The molecular weight excluding hydrogens is 346 g/mol. The maximum atomic E-state index is 12.9. The lowest BCUT2D eigenvalue weighted by atomic mass is 10.2. The Hall–Kier alpha value is -2.68. The van der Waals surface area contributed by atoms with Crippen molar-refractivity contribution in [2.45, 2.75) is 18.2 Å². The Bertz CT molecular complexity index is 935. The molecule has 0 radical (unpaired) electrons. The second kappa shape index (κ2) is 6.32. The van der Waals surface area contributed by atoms with E-state index in [9.17, 15) is 18.0 Å². The number of aryl methyl sites for hydroxylation is 1. The standard InChI is InChI=1S/C16H17N3O5S/c1-11-13(10-24-17-11)16(21)19-9-5-8-18(19)15(20)12-6-3-4-7-14(12)25(2,22)23/h3-4,6-7,10H,5,8-9H2,1-2H3. The monoisotopic (exact) mass is 363 g/mol. The zero-order chi connectivity index (χ0) is 18.2. The average Bonchev–Trinajstić information content (AvgIpc) is 3.21. The van der Waals surface area contributed by atoms with Gasteiger partial charge < -0.3 is 4.52 Å². The molecule has 1 saturated heterocycles. The van der Waals surface area contributed by atoms with Crippen LogP contribution in [0.1, 0.15) is 32.8 Å². The van der Waals surface area contributed by atoms with Crippen molar-refractivity contribution in [2.24, 2.45) is 0 Å². The third kappa shape index (κ3) is 3.14. The first-order chi connectivity index (χ1) is 11.8. The Morgan fingerprint density at radius 1 is 1.08 bits per heavy atom. The van der Waals surface area contributed by atoms with Crippen molar-refractivity contribution in [1.29, 1.82) is 0 Å². The van der Waals surface area contributed by atoms with Crippen LogP contribution in [0.15, 0.2) is 39.9 Å². The van der Waals surface area contributed by atoms with Gasteiger partial charge in [-0.15, -0.1) is 0 Å². The van der Waals surface area contributed by atoms with Crippen LogP contribution in [0.3, 0.4) is 0 Å². The number of hydrogen-bond donors (Lipinski definition) is 0. The molecule has 0 N–H and O–H groups in total. The van der Waals surface area contributed by atoms with Crippen molar-refractivity contribution in [3.8, 4) is 0 Å². The molecule has 1 aromatic carbocycles. The Balaban J connectivity index is 1.95. The van der Waals surface area contributed by atoms with Gasteiger partial charge in [0, 0.05) is 19.3 Å². The molecular formula is C16H17N3O5S. The minimum Gasteiger partial charge on any atom is -0.364 e. The molecule has 0 saturated carbocycles. The third-order valence-electron chi connectivity index (χ3n) is 4.00. The molecule has 0 spiro atoms. The van der Waals surface area contributed by atoms with E-state index in [-0.39, 0.29) is 16.0 Å². The van der Waals surface area contributed by atoms with E-state index in [0.29, 0.717) is 25.2 Å². The Morgan fingerprint density at radius 3 is 2.24 bits per heavy atom. The molecule has 1 aliphatic heterocycles. The molecule has 0 bridgehead atoms. The highest BCUT2D eigenvalue weighted by molar-refractivity contribution is 7.90. The number of benzene rings is 1. The summed E-state index contributed by atoms with van der Waals surface area (Å²) in [4.78, 5) is 25.5. The van der Waals surface area contributed by atoms with E-state index in [2.05, 4.69) is 5.16 Å². The van der Waals surface area contributed by atoms with Gasteiger partial charge in [0.15, 0.2) is 9.84 Å². The van der Waals surface area contributed by atoms with Crippen LogP contribution in [0.4, 0.5) is 0 Å². The Labute approximate surface area is 144 Å². The molecule has 132 valence electrons. The molecule has 9 heteroatoms. The lowest BCUT2D eigenvalue weighted by molar-refractivity contribution is 0.0183. The summed E-state index contributed by atoms with van der Waals surface area (Å²) in [5.74, 6) is -0.928. The predicted octanol–water partition coefficient (Wildman–Crippen LogP) is 1.29. The van der Waals surface area contributed by atoms with Crippen LogP contribution in [0.25, 0.3) is 0 Å². The van der Waals surface area contributed by atoms with Gasteiger partial charge in [0.25, 0.3) is 11.8 Å². The van der Waals surface area contributed by atoms with Crippen LogP contribution in [0.2, 0.25) is 0 Å². The van der Waals surface area contributed by atoms with Crippen LogP contribution in [0.5, 0.6) is 0 Å². The number of rotatable bonds is 3. The number of hydrazine groups is 1. The maximum Gasteiger partial charge on any atom is 0.277 e. The van der Waals surface area contributed by atoms with Gasteiger partial charge in [0.1, 0.15) is 11.8 Å². The summed E-state index contributed by atoms with van der Waals surface area (Å²) < 4.78 is 28.7. The molecule has 0 aliphatic carbocycles. The average molecular weight is 363 g/mol. The summed E-state index contributed by atoms with van der Waals surface area (Å²) in [7, 11) is -3.57. The van der Waals surface area contributed by atoms with Gasteiger partial charge >= 0.3 is 0 Å². The van der Waals surface area contributed by atoms with E-state index < -0.39 is 21.7 Å². The van der Waals surface area contributed by atoms with Crippen LogP contribution < -0.4 is 0 Å². The molecule has 1 aromatic heterocycles. The fourth-order valence-corrected chi connectivity index (χ4v) is 3.66. The number of amides is 2. The minimum absolute atomic E-state index is 0.0479. The predicted molar refractivity (Wildman–Crippen MR) is 87.5 cm³/mol. The van der Waals surface area contributed by atoms with E-state index in [4.69, 9.17) is 4.52 Å². The Kier molecular flexibility index (Phi) is 4.34. The van der Waals surface area contributed by atoms with Crippen LogP contribution >= 0.6 is 0 Å². The number of carbonyl (C=O) groups excluding carboxylic acids is 2. The first-order valence-corrected chi connectivity index (χ1v) is 9.53. The second-order valence-electron chi connectivity index (χ2n) is 5.79. The van der Waals surface area contributed by atoms with Crippen molar-refractivity contribution in [1.82, 2.24) is 15.2 Å². The summed E-state index contributed by atoms with van der Waals surface area (Å²) in [6, 6.07) is 5.98.